The van der Waals surface area contributed by atoms with Gasteiger partial charge < -0.3 is 11.5 Å². The lowest BCUT2D eigenvalue weighted by Crippen LogP contribution is -2.56. The summed E-state index contributed by atoms with van der Waals surface area (Å²) < 4.78 is 13.4. The number of likely N-dealkylation sites (tertiary alicyclic amines) is 1. The van der Waals surface area contributed by atoms with E-state index in [4.69, 9.17) is 16.5 Å². The molecule has 1 amide bonds. The molecule has 1 unspecified atom stereocenters. The molecule has 1 saturated heterocycles. The van der Waals surface area contributed by atoms with E-state index in [1.54, 1.807) is 24.0 Å². The van der Waals surface area contributed by atoms with Gasteiger partial charge in [0.2, 0.25) is 5.91 Å². The molecule has 140 valence electrons. The van der Waals surface area contributed by atoms with Gasteiger partial charge in [-0.3, -0.25) is 9.69 Å². The van der Waals surface area contributed by atoms with Crippen LogP contribution in [0.4, 0.5) is 10.1 Å². The molecule has 2 aromatic carbocycles. The summed E-state index contributed by atoms with van der Waals surface area (Å²) in [6.07, 6.45) is 0. The quantitative estimate of drug-likeness (QED) is 0.875. The van der Waals surface area contributed by atoms with Crippen LogP contribution in [-0.4, -0.2) is 29.2 Å². The van der Waals surface area contributed by atoms with Crippen molar-refractivity contribution < 1.29 is 9.18 Å². The highest BCUT2D eigenvalue weighted by molar-refractivity contribution is 6.14. The second-order valence-electron chi connectivity index (χ2n) is 6.51. The summed E-state index contributed by atoms with van der Waals surface area (Å²) in [5, 5.41) is 0. The minimum atomic E-state index is -0.821. The zero-order chi connectivity index (χ0) is 19.6. The third-order valence-electron chi connectivity index (χ3n) is 4.68. The number of halogens is 1. The first-order valence-electron chi connectivity index (χ1n) is 8.86. The Morgan fingerprint density at radius 1 is 1.15 bits per heavy atom. The number of aliphatic imine (C=N–C) groups is 1. The topological polar surface area (TPSA) is 84.7 Å². The van der Waals surface area contributed by atoms with Crippen molar-refractivity contribution in [3.63, 3.8) is 0 Å². The Labute approximate surface area is 158 Å². The number of carbonyl (C=O) groups excluding carboxylic acids is 1. The highest BCUT2D eigenvalue weighted by Gasteiger charge is 2.42. The van der Waals surface area contributed by atoms with E-state index in [-0.39, 0.29) is 11.7 Å². The van der Waals surface area contributed by atoms with E-state index >= 15 is 0 Å². The smallest absolute Gasteiger partial charge is 0.246 e. The highest BCUT2D eigenvalue weighted by Crippen LogP contribution is 2.36. The van der Waals surface area contributed by atoms with Crippen molar-refractivity contribution >= 4 is 17.4 Å². The predicted octanol–water partition coefficient (Wildman–Crippen LogP) is 3.06. The number of para-hydroxylation sites is 1. The van der Waals surface area contributed by atoms with Crippen molar-refractivity contribution in [2.75, 3.05) is 6.54 Å². The van der Waals surface area contributed by atoms with Crippen molar-refractivity contribution in [2.24, 2.45) is 16.5 Å². The van der Waals surface area contributed by atoms with Gasteiger partial charge in [-0.2, -0.15) is 0 Å². The number of rotatable bonds is 3. The lowest BCUT2D eigenvalue weighted by atomic mass is 9.79. The van der Waals surface area contributed by atoms with E-state index in [0.717, 1.165) is 5.56 Å². The number of amidine groups is 1. The lowest BCUT2D eigenvalue weighted by molar-refractivity contribution is -0.129. The monoisotopic (exact) mass is 366 g/mol. The molecule has 1 aliphatic heterocycles. The average Bonchev–Trinajstić information content (AvgIpc) is 2.66. The molecule has 0 aromatic heterocycles. The Bertz CT molecular complexity index is 886. The number of piperidine rings is 1. The molecule has 27 heavy (non-hydrogen) atoms. The number of allylic oxidation sites excluding steroid dienone is 1. The van der Waals surface area contributed by atoms with Crippen molar-refractivity contribution in [3.05, 3.63) is 77.2 Å². The molecule has 5 nitrogen and oxygen atoms in total. The predicted molar refractivity (Wildman–Crippen MR) is 105 cm³/mol. The fraction of sp³-hybridized carbons (Fsp3) is 0.238. The Balaban J connectivity index is 2.20. The number of nitrogens with two attached hydrogens (primary N) is 2. The molecule has 2 atom stereocenters. The average molecular weight is 366 g/mol. The van der Waals surface area contributed by atoms with Crippen LogP contribution in [0.3, 0.4) is 0 Å². The van der Waals surface area contributed by atoms with Crippen LogP contribution in [0.25, 0.3) is 0 Å². The van der Waals surface area contributed by atoms with Crippen LogP contribution in [0, 0.1) is 5.82 Å². The van der Waals surface area contributed by atoms with Crippen LogP contribution < -0.4 is 11.5 Å². The van der Waals surface area contributed by atoms with Gasteiger partial charge in [0, 0.05) is 23.7 Å². The Kier molecular flexibility index (Phi) is 5.37. The first-order valence-corrected chi connectivity index (χ1v) is 8.86. The van der Waals surface area contributed by atoms with E-state index < -0.39 is 12.0 Å². The minimum absolute atomic E-state index is 0.230. The third kappa shape index (κ3) is 3.61. The van der Waals surface area contributed by atoms with Crippen LogP contribution in [0.1, 0.15) is 25.3 Å². The number of hydrogen-bond acceptors (Lipinski definition) is 4. The molecule has 1 fully saturated rings. The first-order chi connectivity index (χ1) is 12.9. The minimum Gasteiger partial charge on any atom is -0.402 e. The summed E-state index contributed by atoms with van der Waals surface area (Å²) in [5.41, 5.74) is 15.2. The van der Waals surface area contributed by atoms with Crippen molar-refractivity contribution in [2.45, 2.75) is 25.8 Å². The summed E-state index contributed by atoms with van der Waals surface area (Å²) in [7, 11) is 0. The summed E-state index contributed by atoms with van der Waals surface area (Å²) >= 11 is 0. The van der Waals surface area contributed by atoms with Gasteiger partial charge in [-0.15, -0.1) is 0 Å². The Hall–Kier alpha value is -2.99. The molecule has 4 N–H and O–H groups in total. The molecule has 0 bridgehead atoms. The Morgan fingerprint density at radius 2 is 1.78 bits per heavy atom. The maximum absolute atomic E-state index is 13.4. The fourth-order valence-electron chi connectivity index (χ4n) is 3.41. The van der Waals surface area contributed by atoms with Gasteiger partial charge in [-0.05, 0) is 43.7 Å². The van der Waals surface area contributed by atoms with E-state index in [1.807, 2.05) is 37.3 Å². The zero-order valence-corrected chi connectivity index (χ0v) is 15.4. The molecule has 2 aromatic rings. The second-order valence-corrected chi connectivity index (χ2v) is 6.51. The summed E-state index contributed by atoms with van der Waals surface area (Å²) in [6.45, 7) is 4.06. The number of carbonyl (C=O) groups is 1. The maximum atomic E-state index is 13.4. The van der Waals surface area contributed by atoms with Gasteiger partial charge in [0.1, 0.15) is 11.7 Å². The zero-order valence-electron chi connectivity index (χ0n) is 15.4. The standard InChI is InChI=1S/C21H23FN4O/c1-3-26-20(25-16-7-5-4-6-8-16)17(13(2)23)18(19(24)21(26)27)14-9-11-15(22)12-10-14/h4-12,18-19H,3,23-24H2,1-2H3/b17-13-,25-20?/t18?,19-/m0/s1. The number of nitrogens with zero attached hydrogens (tertiary/aromatic N) is 2. The molecule has 6 heteroatoms. The van der Waals surface area contributed by atoms with Crippen LogP contribution in [0.15, 0.2) is 70.9 Å². The number of amides is 1. The molecule has 0 radical (unpaired) electrons. The van der Waals surface area contributed by atoms with Gasteiger partial charge in [0.15, 0.2) is 0 Å². The lowest BCUT2D eigenvalue weighted by Gasteiger charge is -2.39. The Morgan fingerprint density at radius 3 is 2.33 bits per heavy atom. The molecule has 0 spiro atoms. The molecule has 0 aliphatic carbocycles. The van der Waals surface area contributed by atoms with Gasteiger partial charge in [0.25, 0.3) is 0 Å². The fourth-order valence-corrected chi connectivity index (χ4v) is 3.41. The number of likely N-dealkylation sites (N-methyl/N-ethyl adjacent to an activating group) is 1. The second kappa shape index (κ2) is 7.72. The van der Waals surface area contributed by atoms with Crippen LogP contribution in [0.2, 0.25) is 0 Å². The highest BCUT2D eigenvalue weighted by atomic mass is 19.1. The number of benzene rings is 2. The van der Waals surface area contributed by atoms with Crippen LogP contribution >= 0.6 is 0 Å². The molecule has 1 aliphatic rings. The van der Waals surface area contributed by atoms with Gasteiger partial charge in [0.05, 0.1) is 11.7 Å². The maximum Gasteiger partial charge on any atom is 0.246 e. The SMILES string of the molecule is CCN1C(=O)[C@@H](N)C(c2ccc(F)cc2)/C(=C(\C)N)C1=Nc1ccccc1. The molecule has 0 saturated carbocycles. The van der Waals surface area contributed by atoms with E-state index in [0.29, 0.717) is 29.3 Å². The normalized spacial score (nSPS) is 23.6. The number of hydrogen-bond donors (Lipinski definition) is 2. The van der Waals surface area contributed by atoms with Crippen LogP contribution in [0.5, 0.6) is 0 Å². The summed E-state index contributed by atoms with van der Waals surface area (Å²) in [4.78, 5) is 19.2. The van der Waals surface area contributed by atoms with Gasteiger partial charge in [-0.25, -0.2) is 9.38 Å². The summed E-state index contributed by atoms with van der Waals surface area (Å²) in [6, 6.07) is 14.5. The third-order valence-corrected chi connectivity index (χ3v) is 4.68. The van der Waals surface area contributed by atoms with Crippen molar-refractivity contribution in [3.8, 4) is 0 Å². The van der Waals surface area contributed by atoms with Gasteiger partial charge >= 0.3 is 0 Å². The molecular weight excluding hydrogens is 343 g/mol. The first kappa shape index (κ1) is 18.8. The van der Waals surface area contributed by atoms with Crippen LogP contribution in [-0.2, 0) is 4.79 Å². The van der Waals surface area contributed by atoms with Crippen molar-refractivity contribution in [1.82, 2.24) is 4.90 Å². The van der Waals surface area contributed by atoms with E-state index in [1.165, 1.54) is 12.1 Å². The largest absolute Gasteiger partial charge is 0.402 e. The molecule has 1 heterocycles. The van der Waals surface area contributed by atoms with E-state index in [9.17, 15) is 9.18 Å². The van der Waals surface area contributed by atoms with Crippen molar-refractivity contribution in [1.29, 1.82) is 0 Å². The molecule has 3 rings (SSSR count). The summed E-state index contributed by atoms with van der Waals surface area (Å²) in [5.74, 6) is -0.581. The van der Waals surface area contributed by atoms with Gasteiger partial charge in [-0.1, -0.05) is 30.3 Å². The van der Waals surface area contributed by atoms with E-state index in [2.05, 4.69) is 0 Å². The molecular formula is C21H23FN4O.